The summed E-state index contributed by atoms with van der Waals surface area (Å²) in [6, 6.07) is 5.75. The van der Waals surface area contributed by atoms with Crippen molar-refractivity contribution in [2.24, 2.45) is 0 Å². The molecular weight excluding hydrogens is 326 g/mol. The molecule has 0 N–H and O–H groups in total. The lowest BCUT2D eigenvalue weighted by atomic mass is 9.93. The van der Waals surface area contributed by atoms with Crippen LogP contribution in [0.4, 0.5) is 0 Å². The maximum atomic E-state index is 12.3. The van der Waals surface area contributed by atoms with Gasteiger partial charge in [-0.2, -0.15) is 0 Å². The Hall–Kier alpha value is -2.61. The second-order valence-electron chi connectivity index (χ2n) is 5.74. The molecule has 3 aromatic rings. The average Bonchev–Trinajstić information content (AvgIpc) is 3.02. The molecule has 0 saturated heterocycles. The van der Waals surface area contributed by atoms with Crippen molar-refractivity contribution in [3.63, 3.8) is 0 Å². The molecule has 3 aromatic heterocycles. The standard InChI is InChI=1S/C16H15N5O2S/c22-15-16(23)21(11-4-3-5-11)9-8-20(15)10-13-18-19-14(24-13)12-6-1-2-7-17-12/h1-2,6-9,11H,3-5,10H2. The summed E-state index contributed by atoms with van der Waals surface area (Å²) in [6.07, 6.45) is 8.10. The Morgan fingerprint density at radius 2 is 2.00 bits per heavy atom. The summed E-state index contributed by atoms with van der Waals surface area (Å²) in [7, 11) is 0. The average molecular weight is 341 g/mol. The monoisotopic (exact) mass is 341 g/mol. The highest BCUT2D eigenvalue weighted by Crippen LogP contribution is 2.29. The van der Waals surface area contributed by atoms with E-state index < -0.39 is 11.1 Å². The van der Waals surface area contributed by atoms with E-state index in [1.165, 1.54) is 15.9 Å². The Balaban J connectivity index is 1.60. The summed E-state index contributed by atoms with van der Waals surface area (Å²) in [5.41, 5.74) is -0.232. The number of hydrogen-bond donors (Lipinski definition) is 0. The molecule has 0 radical (unpaired) electrons. The molecule has 24 heavy (non-hydrogen) atoms. The summed E-state index contributed by atoms with van der Waals surface area (Å²) in [6.45, 7) is 0.240. The molecule has 1 aliphatic rings. The molecule has 0 aromatic carbocycles. The van der Waals surface area contributed by atoms with Gasteiger partial charge < -0.3 is 9.13 Å². The highest BCUT2D eigenvalue weighted by Gasteiger charge is 2.21. The van der Waals surface area contributed by atoms with E-state index in [0.29, 0.717) is 10.0 Å². The minimum Gasteiger partial charge on any atom is -0.306 e. The van der Waals surface area contributed by atoms with Gasteiger partial charge in [0.25, 0.3) is 0 Å². The zero-order chi connectivity index (χ0) is 16.5. The maximum absolute atomic E-state index is 12.3. The Kier molecular flexibility index (Phi) is 3.81. The van der Waals surface area contributed by atoms with Crippen molar-refractivity contribution in [3.05, 3.63) is 62.5 Å². The molecular formula is C16H15N5O2S. The van der Waals surface area contributed by atoms with Crippen molar-refractivity contribution in [2.45, 2.75) is 31.8 Å². The summed E-state index contributed by atoms with van der Waals surface area (Å²) in [5.74, 6) is 0. The van der Waals surface area contributed by atoms with Gasteiger partial charge in [0.1, 0.15) is 10.7 Å². The molecule has 4 rings (SSSR count). The third-order valence-electron chi connectivity index (χ3n) is 4.21. The largest absolute Gasteiger partial charge is 0.316 e. The number of nitrogens with zero attached hydrogens (tertiary/aromatic N) is 5. The van der Waals surface area contributed by atoms with Gasteiger partial charge in [0.2, 0.25) is 0 Å². The highest BCUT2D eigenvalue weighted by atomic mass is 32.1. The predicted octanol–water partition coefficient (Wildman–Crippen LogP) is 1.70. The third-order valence-corrected chi connectivity index (χ3v) is 5.14. The fourth-order valence-electron chi connectivity index (χ4n) is 2.65. The molecule has 1 saturated carbocycles. The van der Waals surface area contributed by atoms with E-state index in [1.54, 1.807) is 23.2 Å². The SMILES string of the molecule is O=c1c(=O)n(C2CCC2)ccn1Cc1nnc(-c2ccccn2)s1. The van der Waals surface area contributed by atoms with Gasteiger partial charge in [-0.15, -0.1) is 10.2 Å². The van der Waals surface area contributed by atoms with Crippen LogP contribution in [0.25, 0.3) is 10.7 Å². The number of hydrogen-bond acceptors (Lipinski definition) is 6. The first-order valence-electron chi connectivity index (χ1n) is 7.78. The van der Waals surface area contributed by atoms with Crippen molar-refractivity contribution >= 4 is 11.3 Å². The fourth-order valence-corrected chi connectivity index (χ4v) is 3.47. The quantitative estimate of drug-likeness (QED) is 0.675. The lowest BCUT2D eigenvalue weighted by Crippen LogP contribution is -2.43. The highest BCUT2D eigenvalue weighted by molar-refractivity contribution is 7.14. The van der Waals surface area contributed by atoms with Crippen LogP contribution in [-0.2, 0) is 6.54 Å². The second-order valence-corrected chi connectivity index (χ2v) is 6.81. The molecule has 0 unspecified atom stereocenters. The zero-order valence-corrected chi connectivity index (χ0v) is 13.6. The van der Waals surface area contributed by atoms with Crippen LogP contribution in [0, 0.1) is 0 Å². The normalized spacial score (nSPS) is 14.5. The summed E-state index contributed by atoms with van der Waals surface area (Å²) in [5, 5.41) is 9.57. The van der Waals surface area contributed by atoms with Crippen molar-refractivity contribution in [2.75, 3.05) is 0 Å². The molecule has 1 aliphatic carbocycles. The number of rotatable bonds is 4. The first-order chi connectivity index (χ1) is 11.7. The summed E-state index contributed by atoms with van der Waals surface area (Å²) >= 11 is 1.37. The van der Waals surface area contributed by atoms with E-state index in [9.17, 15) is 9.59 Å². The van der Waals surface area contributed by atoms with Gasteiger partial charge in [0.05, 0.1) is 6.54 Å². The molecule has 0 atom stereocenters. The van der Waals surface area contributed by atoms with E-state index in [4.69, 9.17) is 0 Å². The first-order valence-corrected chi connectivity index (χ1v) is 8.59. The second kappa shape index (κ2) is 6.12. The van der Waals surface area contributed by atoms with E-state index in [-0.39, 0.29) is 12.6 Å². The zero-order valence-electron chi connectivity index (χ0n) is 12.8. The molecule has 7 nitrogen and oxygen atoms in total. The van der Waals surface area contributed by atoms with Crippen LogP contribution in [0.5, 0.6) is 0 Å². The van der Waals surface area contributed by atoms with Crippen LogP contribution in [0.3, 0.4) is 0 Å². The smallest absolute Gasteiger partial charge is 0.306 e. The van der Waals surface area contributed by atoms with Crippen LogP contribution >= 0.6 is 11.3 Å². The molecule has 0 bridgehead atoms. The lowest BCUT2D eigenvalue weighted by Gasteiger charge is -2.27. The van der Waals surface area contributed by atoms with Crippen LogP contribution in [-0.4, -0.2) is 24.3 Å². The van der Waals surface area contributed by atoms with E-state index in [2.05, 4.69) is 15.2 Å². The van der Waals surface area contributed by atoms with Gasteiger partial charge in [-0.25, -0.2) is 0 Å². The number of aromatic nitrogens is 5. The van der Waals surface area contributed by atoms with Crippen molar-refractivity contribution < 1.29 is 0 Å². The van der Waals surface area contributed by atoms with Crippen LogP contribution < -0.4 is 11.1 Å². The molecule has 0 amide bonds. The van der Waals surface area contributed by atoms with Gasteiger partial charge >= 0.3 is 11.1 Å². The van der Waals surface area contributed by atoms with Crippen LogP contribution in [0.1, 0.15) is 30.3 Å². The number of pyridine rings is 1. The van der Waals surface area contributed by atoms with Crippen LogP contribution in [0.2, 0.25) is 0 Å². The molecule has 0 spiro atoms. The van der Waals surface area contributed by atoms with E-state index in [1.807, 2.05) is 18.2 Å². The molecule has 0 aliphatic heterocycles. The third kappa shape index (κ3) is 2.69. The van der Waals surface area contributed by atoms with Crippen molar-refractivity contribution in [3.8, 4) is 10.7 Å². The Morgan fingerprint density at radius 3 is 2.71 bits per heavy atom. The molecule has 3 heterocycles. The van der Waals surface area contributed by atoms with Gasteiger partial charge in [-0.05, 0) is 31.4 Å². The lowest BCUT2D eigenvalue weighted by molar-refractivity contribution is 0.303. The summed E-state index contributed by atoms with van der Waals surface area (Å²) < 4.78 is 2.95. The Labute approximate surface area is 141 Å². The maximum Gasteiger partial charge on any atom is 0.316 e. The fraction of sp³-hybridized carbons (Fsp3) is 0.312. The van der Waals surface area contributed by atoms with Gasteiger partial charge in [0, 0.05) is 24.6 Å². The van der Waals surface area contributed by atoms with Gasteiger partial charge in [0.15, 0.2) is 5.01 Å². The Morgan fingerprint density at radius 1 is 1.12 bits per heavy atom. The van der Waals surface area contributed by atoms with Crippen LogP contribution in [0.15, 0.2) is 46.4 Å². The topological polar surface area (TPSA) is 82.7 Å². The molecule has 1 fully saturated rings. The minimum atomic E-state index is -0.515. The Bertz CT molecular complexity index is 972. The van der Waals surface area contributed by atoms with Crippen molar-refractivity contribution in [1.29, 1.82) is 0 Å². The molecule has 122 valence electrons. The van der Waals surface area contributed by atoms with E-state index in [0.717, 1.165) is 25.0 Å². The van der Waals surface area contributed by atoms with Crippen molar-refractivity contribution in [1.82, 2.24) is 24.3 Å². The minimum absolute atomic E-state index is 0.178. The van der Waals surface area contributed by atoms with Gasteiger partial charge in [-0.1, -0.05) is 17.4 Å². The summed E-state index contributed by atoms with van der Waals surface area (Å²) in [4.78, 5) is 28.8. The van der Waals surface area contributed by atoms with E-state index >= 15 is 0 Å². The predicted molar refractivity (Wildman–Crippen MR) is 90.1 cm³/mol. The van der Waals surface area contributed by atoms with Gasteiger partial charge in [-0.3, -0.25) is 14.6 Å². The first kappa shape index (κ1) is 14.9. The molecule has 8 heteroatoms.